The fourth-order valence-electron chi connectivity index (χ4n) is 1.76. The van der Waals surface area contributed by atoms with Crippen LogP contribution >= 0.6 is 11.6 Å². The minimum Gasteiger partial charge on any atom is -0.392 e. The fourth-order valence-corrected chi connectivity index (χ4v) is 3.40. The fraction of sp³-hybridized carbons (Fsp3) is 0.500. The van der Waals surface area contributed by atoms with Crippen molar-refractivity contribution >= 4 is 21.6 Å². The van der Waals surface area contributed by atoms with Gasteiger partial charge in [-0.15, -0.1) is 0 Å². The SMILES string of the molecule is CC1(C)CC1NS(=O)(=O)c1ccc(Cl)c(CO)c1. The Labute approximate surface area is 112 Å². The number of aliphatic hydroxyl groups excluding tert-OH is 1. The van der Waals surface area contributed by atoms with Gasteiger partial charge in [-0.05, 0) is 35.6 Å². The maximum atomic E-state index is 12.1. The molecule has 2 rings (SSSR count). The molecule has 1 aromatic carbocycles. The predicted octanol–water partition coefficient (Wildman–Crippen LogP) is 1.91. The lowest BCUT2D eigenvalue weighted by Gasteiger charge is -2.09. The summed E-state index contributed by atoms with van der Waals surface area (Å²) >= 11 is 5.83. The predicted molar refractivity (Wildman–Crippen MR) is 69.9 cm³/mol. The van der Waals surface area contributed by atoms with Gasteiger partial charge in [0.25, 0.3) is 0 Å². The normalized spacial score (nSPS) is 21.9. The Bertz CT molecular complexity index is 569. The van der Waals surface area contributed by atoms with Gasteiger partial charge in [-0.25, -0.2) is 13.1 Å². The molecule has 1 aromatic rings. The summed E-state index contributed by atoms with van der Waals surface area (Å²) < 4.78 is 26.9. The zero-order valence-corrected chi connectivity index (χ0v) is 11.8. The first-order valence-electron chi connectivity index (χ1n) is 5.68. The lowest BCUT2D eigenvalue weighted by molar-refractivity contribution is 0.281. The van der Waals surface area contributed by atoms with E-state index in [9.17, 15) is 8.42 Å². The van der Waals surface area contributed by atoms with Crippen LogP contribution in [0.2, 0.25) is 5.02 Å². The van der Waals surface area contributed by atoms with E-state index in [1.165, 1.54) is 18.2 Å². The molecular weight excluding hydrogens is 274 g/mol. The van der Waals surface area contributed by atoms with E-state index in [2.05, 4.69) is 4.72 Å². The summed E-state index contributed by atoms with van der Waals surface area (Å²) in [5.74, 6) is 0. The van der Waals surface area contributed by atoms with Gasteiger partial charge in [0.05, 0.1) is 11.5 Å². The van der Waals surface area contributed by atoms with Crippen LogP contribution in [0, 0.1) is 5.41 Å². The van der Waals surface area contributed by atoms with Gasteiger partial charge >= 0.3 is 0 Å². The maximum Gasteiger partial charge on any atom is 0.240 e. The second-order valence-corrected chi connectivity index (χ2v) is 7.40. The molecule has 0 bridgehead atoms. The second kappa shape index (κ2) is 4.49. The van der Waals surface area contributed by atoms with Crippen LogP contribution in [0.4, 0.5) is 0 Å². The van der Waals surface area contributed by atoms with Gasteiger partial charge in [-0.3, -0.25) is 0 Å². The minimum absolute atomic E-state index is 0.0178. The Kier molecular flexibility index (Phi) is 3.44. The molecule has 1 aliphatic rings. The lowest BCUT2D eigenvalue weighted by atomic mass is 10.2. The molecule has 18 heavy (non-hydrogen) atoms. The van der Waals surface area contributed by atoms with Crippen LogP contribution in [0.25, 0.3) is 0 Å². The molecule has 1 saturated carbocycles. The van der Waals surface area contributed by atoms with Crippen molar-refractivity contribution in [3.05, 3.63) is 28.8 Å². The first kappa shape index (κ1) is 13.8. The number of nitrogens with one attached hydrogen (secondary N) is 1. The van der Waals surface area contributed by atoms with Crippen molar-refractivity contribution in [3.8, 4) is 0 Å². The van der Waals surface area contributed by atoms with E-state index < -0.39 is 10.0 Å². The van der Waals surface area contributed by atoms with E-state index in [1.54, 1.807) is 0 Å². The molecule has 100 valence electrons. The van der Waals surface area contributed by atoms with E-state index in [1.807, 2.05) is 13.8 Å². The zero-order valence-electron chi connectivity index (χ0n) is 10.3. The van der Waals surface area contributed by atoms with Gasteiger partial charge in [-0.1, -0.05) is 25.4 Å². The average Bonchev–Trinajstić information content (AvgIpc) is 2.85. The molecule has 0 radical (unpaired) electrons. The average molecular weight is 290 g/mol. The minimum atomic E-state index is -3.54. The molecule has 0 saturated heterocycles. The van der Waals surface area contributed by atoms with Gasteiger partial charge in [0.15, 0.2) is 0 Å². The Morgan fingerprint density at radius 3 is 2.61 bits per heavy atom. The molecule has 1 atom stereocenters. The van der Waals surface area contributed by atoms with E-state index in [-0.39, 0.29) is 23.0 Å². The van der Waals surface area contributed by atoms with Gasteiger partial charge in [-0.2, -0.15) is 0 Å². The number of hydrogen-bond acceptors (Lipinski definition) is 3. The summed E-state index contributed by atoms with van der Waals surface area (Å²) in [6, 6.07) is 4.31. The highest BCUT2D eigenvalue weighted by molar-refractivity contribution is 7.89. The number of aliphatic hydroxyl groups is 1. The molecule has 0 heterocycles. The van der Waals surface area contributed by atoms with Crippen LogP contribution in [0.1, 0.15) is 25.8 Å². The third-order valence-corrected chi connectivity index (χ3v) is 5.15. The summed E-state index contributed by atoms with van der Waals surface area (Å²) in [6.45, 7) is 3.75. The van der Waals surface area contributed by atoms with E-state index in [4.69, 9.17) is 16.7 Å². The Morgan fingerprint density at radius 1 is 1.50 bits per heavy atom. The van der Waals surface area contributed by atoms with Crippen LogP contribution in [-0.2, 0) is 16.6 Å². The van der Waals surface area contributed by atoms with Gasteiger partial charge < -0.3 is 5.11 Å². The summed E-state index contributed by atoms with van der Waals surface area (Å²) in [4.78, 5) is 0.138. The van der Waals surface area contributed by atoms with Crippen molar-refractivity contribution in [3.63, 3.8) is 0 Å². The van der Waals surface area contributed by atoms with Gasteiger partial charge in [0, 0.05) is 11.1 Å². The van der Waals surface area contributed by atoms with Crippen molar-refractivity contribution in [2.75, 3.05) is 0 Å². The summed E-state index contributed by atoms with van der Waals surface area (Å²) in [6.07, 6.45) is 0.840. The molecule has 0 aromatic heterocycles. The maximum absolute atomic E-state index is 12.1. The number of halogens is 1. The first-order chi connectivity index (χ1) is 8.26. The van der Waals surface area contributed by atoms with Crippen molar-refractivity contribution in [2.45, 2.75) is 37.8 Å². The molecule has 6 heteroatoms. The Hall–Kier alpha value is -0.620. The van der Waals surface area contributed by atoms with Gasteiger partial charge in [0.2, 0.25) is 10.0 Å². The molecule has 0 aliphatic heterocycles. The Morgan fingerprint density at radius 2 is 2.11 bits per heavy atom. The monoisotopic (exact) mass is 289 g/mol. The number of hydrogen-bond donors (Lipinski definition) is 2. The van der Waals surface area contributed by atoms with E-state index >= 15 is 0 Å². The second-order valence-electron chi connectivity index (χ2n) is 5.28. The van der Waals surface area contributed by atoms with Crippen LogP contribution in [0.3, 0.4) is 0 Å². The Balaban J connectivity index is 2.25. The standard InChI is InChI=1S/C12H16ClNO3S/c1-12(2)6-11(12)14-18(16,17)9-3-4-10(13)8(5-9)7-15/h3-5,11,14-15H,6-7H2,1-2H3. The van der Waals surface area contributed by atoms with Crippen LogP contribution in [-0.4, -0.2) is 19.6 Å². The quantitative estimate of drug-likeness (QED) is 0.890. The smallest absolute Gasteiger partial charge is 0.240 e. The third kappa shape index (κ3) is 2.69. The number of rotatable bonds is 4. The third-order valence-electron chi connectivity index (χ3n) is 3.31. The van der Waals surface area contributed by atoms with Crippen LogP contribution < -0.4 is 4.72 Å². The lowest BCUT2D eigenvalue weighted by Crippen LogP contribution is -2.28. The van der Waals surface area contributed by atoms with E-state index in [0.29, 0.717) is 10.6 Å². The topological polar surface area (TPSA) is 66.4 Å². The molecule has 1 aliphatic carbocycles. The van der Waals surface area contributed by atoms with Crippen LogP contribution in [0.15, 0.2) is 23.1 Å². The number of benzene rings is 1. The summed E-state index contributed by atoms with van der Waals surface area (Å²) in [7, 11) is -3.54. The molecule has 2 N–H and O–H groups in total. The van der Waals surface area contributed by atoms with Crippen molar-refractivity contribution < 1.29 is 13.5 Å². The summed E-state index contributed by atoms with van der Waals surface area (Å²) in [5.41, 5.74) is 0.439. The van der Waals surface area contributed by atoms with Crippen molar-refractivity contribution in [2.24, 2.45) is 5.41 Å². The molecular formula is C12H16ClNO3S. The zero-order chi connectivity index (χ0) is 13.6. The molecule has 0 spiro atoms. The molecule has 1 fully saturated rings. The highest BCUT2D eigenvalue weighted by Gasteiger charge is 2.47. The van der Waals surface area contributed by atoms with Crippen LogP contribution in [0.5, 0.6) is 0 Å². The highest BCUT2D eigenvalue weighted by atomic mass is 35.5. The highest BCUT2D eigenvalue weighted by Crippen LogP contribution is 2.45. The van der Waals surface area contributed by atoms with E-state index in [0.717, 1.165) is 6.42 Å². The largest absolute Gasteiger partial charge is 0.392 e. The number of sulfonamides is 1. The van der Waals surface area contributed by atoms with Gasteiger partial charge in [0.1, 0.15) is 0 Å². The van der Waals surface area contributed by atoms with Crippen molar-refractivity contribution in [1.29, 1.82) is 0 Å². The first-order valence-corrected chi connectivity index (χ1v) is 7.54. The van der Waals surface area contributed by atoms with Crippen molar-refractivity contribution in [1.82, 2.24) is 4.72 Å². The molecule has 0 amide bonds. The molecule has 1 unspecified atom stereocenters. The molecule has 4 nitrogen and oxygen atoms in total. The summed E-state index contributed by atoms with van der Waals surface area (Å²) in [5, 5.41) is 9.45.